The Balaban J connectivity index is 2.15. The zero-order valence-corrected chi connectivity index (χ0v) is 10.2. The average molecular weight is 247 g/mol. The van der Waals surface area contributed by atoms with Crippen molar-refractivity contribution in [2.75, 3.05) is 31.1 Å². The van der Waals surface area contributed by atoms with Gasteiger partial charge < -0.3 is 20.6 Å². The molecule has 0 aromatic heterocycles. The molecular formula is C13H17N3O2. The molecule has 96 valence electrons. The summed E-state index contributed by atoms with van der Waals surface area (Å²) in [5, 5.41) is 9.32. The van der Waals surface area contributed by atoms with Gasteiger partial charge in [-0.3, -0.25) is 4.79 Å². The van der Waals surface area contributed by atoms with E-state index in [9.17, 15) is 9.90 Å². The Morgan fingerprint density at radius 3 is 2.39 bits per heavy atom. The van der Waals surface area contributed by atoms with Crippen LogP contribution in [0.4, 0.5) is 5.69 Å². The van der Waals surface area contributed by atoms with Crippen LogP contribution >= 0.6 is 0 Å². The Morgan fingerprint density at radius 2 is 1.83 bits per heavy atom. The number of carbonyl (C=O) groups is 1. The number of aliphatic hydroxyl groups excluding tert-OH is 1. The van der Waals surface area contributed by atoms with E-state index in [2.05, 4.69) is 11.5 Å². The summed E-state index contributed by atoms with van der Waals surface area (Å²) in [6.07, 6.45) is 0. The molecule has 0 spiro atoms. The van der Waals surface area contributed by atoms with Crippen molar-refractivity contribution in [2.45, 2.75) is 0 Å². The van der Waals surface area contributed by atoms with E-state index in [0.717, 1.165) is 18.8 Å². The lowest BCUT2D eigenvalue weighted by atomic mass is 10.1. The standard InChI is InChI=1S/C13H17N3O2/c1-10(17)15-6-8-16(9-7-15)12-5-3-2-4-11(12)13(14)18/h2-5,17H,1,6-9H2,(H2,14,18). The molecule has 1 heterocycles. The second-order valence-electron chi connectivity index (χ2n) is 4.27. The SMILES string of the molecule is C=C(O)N1CCN(c2ccccc2C(N)=O)CC1. The van der Waals surface area contributed by atoms with Crippen LogP contribution in [-0.2, 0) is 0 Å². The topological polar surface area (TPSA) is 69.8 Å². The van der Waals surface area contributed by atoms with Crippen molar-refractivity contribution in [3.63, 3.8) is 0 Å². The van der Waals surface area contributed by atoms with E-state index >= 15 is 0 Å². The summed E-state index contributed by atoms with van der Waals surface area (Å²) < 4.78 is 0. The minimum Gasteiger partial charge on any atom is -0.495 e. The number of piperazine rings is 1. The first-order chi connectivity index (χ1) is 8.59. The summed E-state index contributed by atoms with van der Waals surface area (Å²) in [5.74, 6) is -0.322. The third kappa shape index (κ3) is 2.40. The quantitative estimate of drug-likeness (QED) is 0.780. The highest BCUT2D eigenvalue weighted by molar-refractivity contribution is 5.98. The number of nitrogens with two attached hydrogens (primary N) is 1. The minimum atomic E-state index is -0.417. The zero-order valence-electron chi connectivity index (χ0n) is 10.2. The van der Waals surface area contributed by atoms with E-state index in [-0.39, 0.29) is 5.88 Å². The van der Waals surface area contributed by atoms with Gasteiger partial charge in [-0.1, -0.05) is 12.1 Å². The lowest BCUT2D eigenvalue weighted by molar-refractivity contribution is 0.100. The van der Waals surface area contributed by atoms with Crippen LogP contribution in [0, 0.1) is 0 Å². The predicted molar refractivity (Wildman–Crippen MR) is 70.5 cm³/mol. The number of anilines is 1. The van der Waals surface area contributed by atoms with Crippen molar-refractivity contribution in [2.24, 2.45) is 5.73 Å². The maximum Gasteiger partial charge on any atom is 0.250 e. The van der Waals surface area contributed by atoms with Gasteiger partial charge in [0.05, 0.1) is 5.56 Å². The number of nitrogens with zero attached hydrogens (tertiary/aromatic N) is 2. The molecule has 5 nitrogen and oxygen atoms in total. The molecule has 1 fully saturated rings. The summed E-state index contributed by atoms with van der Waals surface area (Å²) in [5.41, 5.74) is 6.76. The first-order valence-corrected chi connectivity index (χ1v) is 5.86. The smallest absolute Gasteiger partial charge is 0.250 e. The van der Waals surface area contributed by atoms with E-state index in [1.165, 1.54) is 0 Å². The molecule has 0 bridgehead atoms. The number of rotatable bonds is 3. The Hall–Kier alpha value is -2.17. The van der Waals surface area contributed by atoms with E-state index in [4.69, 9.17) is 5.73 Å². The average Bonchev–Trinajstić information content (AvgIpc) is 2.39. The molecule has 1 amide bonds. The van der Waals surface area contributed by atoms with Crippen molar-refractivity contribution >= 4 is 11.6 Å². The van der Waals surface area contributed by atoms with Gasteiger partial charge >= 0.3 is 0 Å². The molecule has 1 aromatic carbocycles. The molecule has 5 heteroatoms. The van der Waals surface area contributed by atoms with Gasteiger partial charge in [0, 0.05) is 31.9 Å². The van der Waals surface area contributed by atoms with Crippen molar-refractivity contribution < 1.29 is 9.90 Å². The van der Waals surface area contributed by atoms with E-state index in [0.29, 0.717) is 18.7 Å². The monoisotopic (exact) mass is 247 g/mol. The Kier molecular flexibility index (Phi) is 3.41. The molecule has 3 N–H and O–H groups in total. The first-order valence-electron chi connectivity index (χ1n) is 5.86. The molecule has 2 rings (SSSR count). The minimum absolute atomic E-state index is 0.0952. The van der Waals surface area contributed by atoms with E-state index in [1.54, 1.807) is 12.1 Å². The number of amides is 1. The highest BCUT2D eigenvalue weighted by atomic mass is 16.3. The van der Waals surface area contributed by atoms with Crippen LogP contribution in [0.3, 0.4) is 0 Å². The maximum absolute atomic E-state index is 11.4. The molecule has 0 aliphatic carbocycles. The fourth-order valence-electron chi connectivity index (χ4n) is 2.16. The summed E-state index contributed by atoms with van der Waals surface area (Å²) >= 11 is 0. The van der Waals surface area contributed by atoms with Gasteiger partial charge in [-0.05, 0) is 18.7 Å². The predicted octanol–water partition coefficient (Wildman–Crippen LogP) is 0.937. The van der Waals surface area contributed by atoms with Gasteiger partial charge in [-0.15, -0.1) is 0 Å². The molecule has 1 aliphatic heterocycles. The second-order valence-corrected chi connectivity index (χ2v) is 4.27. The number of benzene rings is 1. The van der Waals surface area contributed by atoms with Crippen LogP contribution in [0.2, 0.25) is 0 Å². The lowest BCUT2D eigenvalue weighted by Crippen LogP contribution is -2.46. The number of hydrogen-bond donors (Lipinski definition) is 2. The van der Waals surface area contributed by atoms with Gasteiger partial charge in [0.25, 0.3) is 5.91 Å². The lowest BCUT2D eigenvalue weighted by Gasteiger charge is -2.36. The Bertz CT molecular complexity index is 465. The molecule has 0 atom stereocenters. The molecular weight excluding hydrogens is 230 g/mol. The maximum atomic E-state index is 11.4. The van der Waals surface area contributed by atoms with E-state index in [1.807, 2.05) is 17.0 Å². The zero-order chi connectivity index (χ0) is 13.1. The summed E-state index contributed by atoms with van der Waals surface area (Å²) in [7, 11) is 0. The fraction of sp³-hybridized carbons (Fsp3) is 0.308. The van der Waals surface area contributed by atoms with Gasteiger partial charge in [-0.25, -0.2) is 0 Å². The van der Waals surface area contributed by atoms with E-state index < -0.39 is 5.91 Å². The molecule has 1 aromatic rings. The first kappa shape index (κ1) is 12.3. The number of aliphatic hydroxyl groups is 1. The van der Waals surface area contributed by atoms with Crippen LogP contribution < -0.4 is 10.6 Å². The van der Waals surface area contributed by atoms with Gasteiger partial charge in [0.1, 0.15) is 0 Å². The van der Waals surface area contributed by atoms with Crippen molar-refractivity contribution in [1.82, 2.24) is 4.90 Å². The van der Waals surface area contributed by atoms with Crippen molar-refractivity contribution in [3.8, 4) is 0 Å². The summed E-state index contributed by atoms with van der Waals surface area (Å²) in [4.78, 5) is 15.3. The normalized spacial score (nSPS) is 15.6. The molecule has 18 heavy (non-hydrogen) atoms. The highest BCUT2D eigenvalue weighted by Crippen LogP contribution is 2.21. The largest absolute Gasteiger partial charge is 0.495 e. The number of primary amides is 1. The number of para-hydroxylation sites is 1. The molecule has 1 aliphatic rings. The number of hydrogen-bond acceptors (Lipinski definition) is 4. The van der Waals surface area contributed by atoms with Crippen molar-refractivity contribution in [3.05, 3.63) is 42.3 Å². The number of carbonyl (C=O) groups excluding carboxylic acids is 1. The molecule has 1 saturated heterocycles. The Labute approximate surface area is 106 Å². The van der Waals surface area contributed by atoms with Crippen LogP contribution in [0.5, 0.6) is 0 Å². The summed E-state index contributed by atoms with van der Waals surface area (Å²) in [6, 6.07) is 7.31. The van der Waals surface area contributed by atoms with Crippen LogP contribution in [0.25, 0.3) is 0 Å². The second kappa shape index (κ2) is 5.00. The van der Waals surface area contributed by atoms with Crippen LogP contribution in [-0.4, -0.2) is 42.1 Å². The van der Waals surface area contributed by atoms with Gasteiger partial charge in [0.2, 0.25) is 0 Å². The third-order valence-corrected chi connectivity index (χ3v) is 3.15. The Morgan fingerprint density at radius 1 is 1.22 bits per heavy atom. The molecule has 0 radical (unpaired) electrons. The fourth-order valence-corrected chi connectivity index (χ4v) is 2.16. The molecule has 0 unspecified atom stereocenters. The van der Waals surface area contributed by atoms with Gasteiger partial charge in [-0.2, -0.15) is 0 Å². The third-order valence-electron chi connectivity index (χ3n) is 3.15. The van der Waals surface area contributed by atoms with Crippen LogP contribution in [0.15, 0.2) is 36.7 Å². The van der Waals surface area contributed by atoms with Crippen LogP contribution in [0.1, 0.15) is 10.4 Å². The van der Waals surface area contributed by atoms with Gasteiger partial charge in [0.15, 0.2) is 5.88 Å². The summed E-state index contributed by atoms with van der Waals surface area (Å²) in [6.45, 7) is 6.33. The highest BCUT2D eigenvalue weighted by Gasteiger charge is 2.20. The van der Waals surface area contributed by atoms with Crippen molar-refractivity contribution in [1.29, 1.82) is 0 Å². The molecule has 0 saturated carbocycles.